The van der Waals surface area contributed by atoms with Crippen LogP contribution >= 0.6 is 12.1 Å². The van der Waals surface area contributed by atoms with Gasteiger partial charge in [-0.15, -0.1) is 12.1 Å². The molecule has 0 heterocycles. The second-order valence-electron chi connectivity index (χ2n) is 0.600. The Kier molecular flexibility index (Phi) is 13.9. The topological polar surface area (TPSA) is 60.7 Å². The van der Waals surface area contributed by atoms with Gasteiger partial charge in [-0.3, -0.25) is 0 Å². The molecule has 0 unspecified atom stereocenters. The molecule has 0 aliphatic carbocycles. The van der Waals surface area contributed by atoms with Crippen LogP contribution in [0.2, 0.25) is 0 Å². The molecule has 0 spiro atoms. The minimum absolute atomic E-state index is 0. The van der Waals surface area contributed by atoms with E-state index in [0.717, 1.165) is 0 Å². The van der Waals surface area contributed by atoms with Crippen molar-refractivity contribution in [3.63, 3.8) is 0 Å². The molecule has 0 aliphatic rings. The first kappa shape index (κ1) is 16.0. The van der Waals surface area contributed by atoms with Gasteiger partial charge in [-0.25, -0.2) is 0 Å². The number of rotatable bonds is 0. The SMILES string of the molecule is O[Si](O)(O)S.[AlH3].[H-].[Na+]. The third kappa shape index (κ3) is 72.8. The van der Waals surface area contributed by atoms with Gasteiger partial charge in [0.15, 0.2) is 17.4 Å². The Morgan fingerprint density at radius 2 is 1.29 bits per heavy atom. The summed E-state index contributed by atoms with van der Waals surface area (Å²) in [4.78, 5) is 22.9. The zero-order valence-corrected chi connectivity index (χ0v) is 7.18. The minimum Gasteiger partial charge on any atom is -1.00 e. The van der Waals surface area contributed by atoms with E-state index in [0.29, 0.717) is 0 Å². The van der Waals surface area contributed by atoms with Crippen molar-refractivity contribution in [1.82, 2.24) is 0 Å². The van der Waals surface area contributed by atoms with Gasteiger partial charge in [0.1, 0.15) is 0 Å². The molecule has 40 valence electrons. The molecular formula is H8AlNaO3SSi. The Labute approximate surface area is 82.1 Å². The van der Waals surface area contributed by atoms with Gasteiger partial charge in [-0.05, 0) is 0 Å². The summed E-state index contributed by atoms with van der Waals surface area (Å²) in [5, 5.41) is 0. The standard InChI is InChI=1S/Al.Na.H4O3SSi.4H/c;;1-5(2,3)4;;;;/h;;1-4H;;;;/q;+1;;;;;-1. The molecule has 0 fully saturated rings. The van der Waals surface area contributed by atoms with Crippen molar-refractivity contribution in [2.45, 2.75) is 0 Å². The fourth-order valence-electron chi connectivity index (χ4n) is 0. The summed E-state index contributed by atoms with van der Waals surface area (Å²) in [6.45, 7) is 0. The molecule has 0 saturated heterocycles. The van der Waals surface area contributed by atoms with E-state index in [1.54, 1.807) is 0 Å². The van der Waals surface area contributed by atoms with Gasteiger partial charge in [-0.1, -0.05) is 0 Å². The Morgan fingerprint density at radius 3 is 1.29 bits per heavy atom. The molecule has 7 heteroatoms. The normalized spacial score (nSPS) is 8.57. The molecule has 3 N–H and O–H groups in total. The fraction of sp³-hybridized carbons (Fsp3) is 0. The van der Waals surface area contributed by atoms with Crippen LogP contribution in [0, 0.1) is 0 Å². The Bertz CT molecular complexity index is 34.8. The van der Waals surface area contributed by atoms with Gasteiger partial charge in [0.2, 0.25) is 0 Å². The quantitative estimate of drug-likeness (QED) is 0.214. The maximum Gasteiger partial charge on any atom is 1.00 e. The molecular weight excluding hydrogens is 158 g/mol. The largest absolute Gasteiger partial charge is 1.00 e. The van der Waals surface area contributed by atoms with E-state index in [-0.39, 0.29) is 48.3 Å². The summed E-state index contributed by atoms with van der Waals surface area (Å²) in [6, 6.07) is 0. The van der Waals surface area contributed by atoms with Gasteiger partial charge in [-0.2, -0.15) is 0 Å². The predicted octanol–water partition coefficient (Wildman–Crippen LogP) is -5.74. The van der Waals surface area contributed by atoms with Crippen molar-refractivity contribution in [3.8, 4) is 0 Å². The van der Waals surface area contributed by atoms with Crippen LogP contribution in [0.5, 0.6) is 0 Å². The molecule has 7 heavy (non-hydrogen) atoms. The molecule has 0 rings (SSSR count). The van der Waals surface area contributed by atoms with Gasteiger partial charge >= 0.3 is 37.5 Å². The van der Waals surface area contributed by atoms with Gasteiger partial charge in [0.05, 0.1) is 0 Å². The van der Waals surface area contributed by atoms with E-state index in [2.05, 4.69) is 12.1 Å². The van der Waals surface area contributed by atoms with Crippen molar-refractivity contribution in [1.29, 1.82) is 0 Å². The van der Waals surface area contributed by atoms with Crippen molar-refractivity contribution < 1.29 is 45.4 Å². The second kappa shape index (κ2) is 6.10. The van der Waals surface area contributed by atoms with E-state index in [1.807, 2.05) is 0 Å². The molecule has 0 saturated carbocycles. The summed E-state index contributed by atoms with van der Waals surface area (Å²) >= 11 is 2.93. The van der Waals surface area contributed by atoms with Gasteiger partial charge in [0.25, 0.3) is 0 Å². The summed E-state index contributed by atoms with van der Waals surface area (Å²) in [6.07, 6.45) is 0. The molecule has 0 amide bonds. The van der Waals surface area contributed by atoms with Crippen LogP contribution in [0.1, 0.15) is 1.43 Å². The third-order valence-corrected chi connectivity index (χ3v) is 0. The average molecular weight is 166 g/mol. The van der Waals surface area contributed by atoms with E-state index < -0.39 is 7.95 Å². The average Bonchev–Trinajstić information content (AvgIpc) is 0.722. The van der Waals surface area contributed by atoms with Crippen LogP contribution in [0.15, 0.2) is 0 Å². The first-order valence-corrected chi connectivity index (χ1v) is 4.02. The molecule has 0 radical (unpaired) electrons. The summed E-state index contributed by atoms with van der Waals surface area (Å²) in [7, 11) is -3.92. The van der Waals surface area contributed by atoms with Crippen LogP contribution in [0.25, 0.3) is 0 Å². The van der Waals surface area contributed by atoms with Crippen LogP contribution in [0.3, 0.4) is 0 Å². The van der Waals surface area contributed by atoms with Crippen molar-refractivity contribution >= 4 is 37.4 Å². The molecule has 0 atom stereocenters. The van der Waals surface area contributed by atoms with Crippen LogP contribution in [-0.4, -0.2) is 39.7 Å². The minimum atomic E-state index is -3.92. The number of hydrogen-bond acceptors (Lipinski definition) is 4. The Balaban J connectivity index is -0.0000000267. The van der Waals surface area contributed by atoms with E-state index in [4.69, 9.17) is 14.4 Å². The molecule has 0 aromatic heterocycles. The monoisotopic (exact) mass is 166 g/mol. The first-order chi connectivity index (χ1) is 2.00. The van der Waals surface area contributed by atoms with Crippen LogP contribution in [0.4, 0.5) is 0 Å². The van der Waals surface area contributed by atoms with E-state index >= 15 is 0 Å². The Hall–Kier alpha value is 1.98. The van der Waals surface area contributed by atoms with Gasteiger partial charge in [0, 0.05) is 0 Å². The summed E-state index contributed by atoms with van der Waals surface area (Å²) in [5.41, 5.74) is 0. The van der Waals surface area contributed by atoms with Gasteiger partial charge < -0.3 is 15.8 Å². The zero-order chi connectivity index (χ0) is 4.50. The van der Waals surface area contributed by atoms with Crippen LogP contribution in [-0.2, 0) is 0 Å². The molecule has 3 nitrogen and oxygen atoms in total. The number of thiol groups is 1. The van der Waals surface area contributed by atoms with Crippen molar-refractivity contribution in [2.75, 3.05) is 0 Å². The van der Waals surface area contributed by atoms with Crippen molar-refractivity contribution in [2.24, 2.45) is 0 Å². The smallest absolute Gasteiger partial charge is 1.00 e. The maximum atomic E-state index is 7.64. The number of hydrogen-bond donors (Lipinski definition) is 4. The van der Waals surface area contributed by atoms with E-state index in [1.165, 1.54) is 0 Å². The zero-order valence-electron chi connectivity index (χ0n) is 4.29. The summed E-state index contributed by atoms with van der Waals surface area (Å²) in [5.74, 6) is 0. The fourth-order valence-corrected chi connectivity index (χ4v) is 0. The molecule has 0 aliphatic heterocycles. The maximum absolute atomic E-state index is 7.64. The third-order valence-electron chi connectivity index (χ3n) is 0. The molecule has 0 bridgehead atoms. The second-order valence-corrected chi connectivity index (χ2v) is 3.60. The van der Waals surface area contributed by atoms with Crippen molar-refractivity contribution in [3.05, 3.63) is 0 Å². The molecule has 0 aromatic rings. The predicted molar refractivity (Wildman–Crippen MR) is 32.4 cm³/mol. The molecule has 0 aromatic carbocycles. The Morgan fingerprint density at radius 1 is 1.29 bits per heavy atom. The summed E-state index contributed by atoms with van der Waals surface area (Å²) < 4.78 is 0. The van der Waals surface area contributed by atoms with Crippen LogP contribution < -0.4 is 29.6 Å². The first-order valence-electron chi connectivity index (χ1n) is 0.894. The van der Waals surface area contributed by atoms with E-state index in [9.17, 15) is 0 Å².